The fraction of sp³-hybridized carbons (Fsp3) is 0.917. The molecule has 88 valence electrons. The van der Waals surface area contributed by atoms with Crippen LogP contribution in [0.25, 0.3) is 0 Å². The summed E-state index contributed by atoms with van der Waals surface area (Å²) >= 11 is 0. The maximum Gasteiger partial charge on any atom is 0.136 e. The van der Waals surface area contributed by atoms with Crippen LogP contribution in [0.1, 0.15) is 44.9 Å². The van der Waals surface area contributed by atoms with Gasteiger partial charge in [0.05, 0.1) is 0 Å². The fourth-order valence-electron chi connectivity index (χ4n) is 2.02. The predicted octanol–water partition coefficient (Wildman–Crippen LogP) is 1.89. The Labute approximate surface area is 92.4 Å². The van der Waals surface area contributed by atoms with E-state index in [-0.39, 0.29) is 5.92 Å². The van der Waals surface area contributed by atoms with Crippen molar-refractivity contribution in [3.05, 3.63) is 0 Å². The SMILES string of the molecule is NCCCCCCC(=O)C1CCOCC1. The average molecular weight is 213 g/mol. The number of ketones is 1. The highest BCUT2D eigenvalue weighted by atomic mass is 16.5. The molecule has 1 aliphatic rings. The van der Waals surface area contributed by atoms with Crippen molar-refractivity contribution in [2.75, 3.05) is 19.8 Å². The molecule has 3 nitrogen and oxygen atoms in total. The Balaban J connectivity index is 2.02. The molecule has 1 aliphatic heterocycles. The topological polar surface area (TPSA) is 52.3 Å². The maximum atomic E-state index is 11.8. The molecule has 15 heavy (non-hydrogen) atoms. The molecule has 0 radical (unpaired) electrons. The molecule has 0 aromatic heterocycles. The number of hydrogen-bond acceptors (Lipinski definition) is 3. The molecular formula is C12H23NO2. The summed E-state index contributed by atoms with van der Waals surface area (Å²) in [6, 6.07) is 0. The number of unbranched alkanes of at least 4 members (excludes halogenated alkanes) is 3. The summed E-state index contributed by atoms with van der Waals surface area (Å²) < 4.78 is 5.24. The van der Waals surface area contributed by atoms with Crippen molar-refractivity contribution < 1.29 is 9.53 Å². The molecule has 1 fully saturated rings. The van der Waals surface area contributed by atoms with E-state index in [1.807, 2.05) is 0 Å². The van der Waals surface area contributed by atoms with Crippen LogP contribution in [0.2, 0.25) is 0 Å². The van der Waals surface area contributed by atoms with Gasteiger partial charge in [-0.15, -0.1) is 0 Å². The molecule has 1 rings (SSSR count). The Kier molecular flexibility index (Phi) is 6.60. The van der Waals surface area contributed by atoms with Gasteiger partial charge in [0.1, 0.15) is 5.78 Å². The van der Waals surface area contributed by atoms with Crippen molar-refractivity contribution in [1.82, 2.24) is 0 Å². The van der Waals surface area contributed by atoms with Gasteiger partial charge in [-0.3, -0.25) is 4.79 Å². The first-order valence-corrected chi connectivity index (χ1v) is 6.15. The quantitative estimate of drug-likeness (QED) is 0.657. The zero-order valence-corrected chi connectivity index (χ0v) is 9.54. The Morgan fingerprint density at radius 2 is 1.80 bits per heavy atom. The van der Waals surface area contributed by atoms with Crippen LogP contribution in [-0.4, -0.2) is 25.5 Å². The zero-order chi connectivity index (χ0) is 10.9. The molecule has 0 spiro atoms. The molecule has 0 aliphatic carbocycles. The van der Waals surface area contributed by atoms with Gasteiger partial charge in [0.15, 0.2) is 0 Å². The molecule has 0 unspecified atom stereocenters. The molecule has 0 aromatic rings. The van der Waals surface area contributed by atoms with E-state index >= 15 is 0 Å². The number of hydrogen-bond donors (Lipinski definition) is 1. The normalized spacial score (nSPS) is 17.9. The smallest absolute Gasteiger partial charge is 0.136 e. The third-order valence-corrected chi connectivity index (χ3v) is 3.05. The van der Waals surface area contributed by atoms with Crippen molar-refractivity contribution in [3.8, 4) is 0 Å². The Morgan fingerprint density at radius 1 is 1.13 bits per heavy atom. The molecule has 0 amide bonds. The minimum atomic E-state index is 0.285. The third kappa shape index (κ3) is 5.28. The van der Waals surface area contributed by atoms with Crippen LogP contribution < -0.4 is 5.73 Å². The fourth-order valence-corrected chi connectivity index (χ4v) is 2.02. The van der Waals surface area contributed by atoms with Crippen LogP contribution in [0.4, 0.5) is 0 Å². The highest BCUT2D eigenvalue weighted by molar-refractivity contribution is 5.80. The van der Waals surface area contributed by atoms with Crippen LogP contribution in [0.5, 0.6) is 0 Å². The van der Waals surface area contributed by atoms with Crippen molar-refractivity contribution >= 4 is 5.78 Å². The van der Waals surface area contributed by atoms with Gasteiger partial charge in [0, 0.05) is 25.6 Å². The van der Waals surface area contributed by atoms with Crippen LogP contribution >= 0.6 is 0 Å². The first-order valence-electron chi connectivity index (χ1n) is 6.15. The van der Waals surface area contributed by atoms with Crippen molar-refractivity contribution in [2.45, 2.75) is 44.9 Å². The number of nitrogens with two attached hydrogens (primary N) is 1. The predicted molar refractivity (Wildman–Crippen MR) is 60.7 cm³/mol. The molecule has 0 aromatic carbocycles. The van der Waals surface area contributed by atoms with Gasteiger partial charge < -0.3 is 10.5 Å². The summed E-state index contributed by atoms with van der Waals surface area (Å²) in [5.74, 6) is 0.735. The second-order valence-corrected chi connectivity index (χ2v) is 4.31. The molecule has 0 bridgehead atoms. The first kappa shape index (κ1) is 12.7. The number of ether oxygens (including phenoxy) is 1. The summed E-state index contributed by atoms with van der Waals surface area (Å²) in [5, 5.41) is 0. The Bertz CT molecular complexity index is 176. The Morgan fingerprint density at radius 3 is 2.47 bits per heavy atom. The molecule has 3 heteroatoms. The Hall–Kier alpha value is -0.410. The van der Waals surface area contributed by atoms with E-state index in [2.05, 4.69) is 0 Å². The van der Waals surface area contributed by atoms with Gasteiger partial charge in [-0.25, -0.2) is 0 Å². The first-order chi connectivity index (χ1) is 7.34. The zero-order valence-electron chi connectivity index (χ0n) is 9.54. The monoisotopic (exact) mass is 213 g/mol. The lowest BCUT2D eigenvalue weighted by Gasteiger charge is -2.20. The molecule has 1 saturated heterocycles. The standard InChI is InChI=1S/C12H23NO2/c13-8-4-2-1-3-5-12(14)11-6-9-15-10-7-11/h11H,1-10,13H2. The molecule has 2 N–H and O–H groups in total. The highest BCUT2D eigenvalue weighted by Crippen LogP contribution is 2.18. The summed E-state index contributed by atoms with van der Waals surface area (Å²) in [6.45, 7) is 2.31. The molecule has 0 saturated carbocycles. The van der Waals surface area contributed by atoms with E-state index in [9.17, 15) is 4.79 Å². The van der Waals surface area contributed by atoms with Crippen LogP contribution in [0.3, 0.4) is 0 Å². The van der Waals surface area contributed by atoms with Crippen molar-refractivity contribution in [2.24, 2.45) is 11.7 Å². The summed E-state index contributed by atoms with van der Waals surface area (Å²) in [5.41, 5.74) is 5.41. The lowest BCUT2D eigenvalue weighted by Crippen LogP contribution is -2.23. The molecule has 1 heterocycles. The largest absolute Gasteiger partial charge is 0.381 e. The number of rotatable bonds is 7. The molecular weight excluding hydrogens is 190 g/mol. The van der Waals surface area contributed by atoms with Crippen molar-refractivity contribution in [1.29, 1.82) is 0 Å². The summed E-state index contributed by atoms with van der Waals surface area (Å²) in [4.78, 5) is 11.8. The highest BCUT2D eigenvalue weighted by Gasteiger charge is 2.20. The lowest BCUT2D eigenvalue weighted by molar-refractivity contribution is -0.125. The van der Waals surface area contributed by atoms with Gasteiger partial charge >= 0.3 is 0 Å². The van der Waals surface area contributed by atoms with Gasteiger partial charge in [-0.05, 0) is 32.2 Å². The van der Waals surface area contributed by atoms with Crippen LogP contribution in [-0.2, 0) is 9.53 Å². The van der Waals surface area contributed by atoms with E-state index < -0.39 is 0 Å². The minimum Gasteiger partial charge on any atom is -0.381 e. The van der Waals surface area contributed by atoms with E-state index in [4.69, 9.17) is 10.5 Å². The summed E-state index contributed by atoms with van der Waals surface area (Å²) in [7, 11) is 0. The minimum absolute atomic E-state index is 0.285. The van der Waals surface area contributed by atoms with Gasteiger partial charge in [0.25, 0.3) is 0 Å². The average Bonchev–Trinajstić information content (AvgIpc) is 2.30. The van der Waals surface area contributed by atoms with E-state index in [1.54, 1.807) is 0 Å². The van der Waals surface area contributed by atoms with Crippen LogP contribution in [0, 0.1) is 5.92 Å². The summed E-state index contributed by atoms with van der Waals surface area (Å²) in [6.07, 6.45) is 7.06. The second kappa shape index (κ2) is 7.83. The van der Waals surface area contributed by atoms with Gasteiger partial charge in [-0.2, -0.15) is 0 Å². The van der Waals surface area contributed by atoms with Crippen molar-refractivity contribution in [3.63, 3.8) is 0 Å². The van der Waals surface area contributed by atoms with Gasteiger partial charge in [0.2, 0.25) is 0 Å². The van der Waals surface area contributed by atoms with E-state index in [0.717, 1.165) is 64.7 Å². The third-order valence-electron chi connectivity index (χ3n) is 3.05. The lowest BCUT2D eigenvalue weighted by atomic mass is 9.92. The number of Topliss-reactive ketones (excluding diaryl/α,β-unsaturated/α-hetero) is 1. The molecule has 0 atom stereocenters. The maximum absolute atomic E-state index is 11.8. The second-order valence-electron chi connectivity index (χ2n) is 4.31. The van der Waals surface area contributed by atoms with Crippen LogP contribution in [0.15, 0.2) is 0 Å². The number of carbonyl (C=O) groups is 1. The van der Waals surface area contributed by atoms with E-state index in [1.165, 1.54) is 0 Å². The van der Waals surface area contributed by atoms with E-state index in [0.29, 0.717) is 5.78 Å². The number of carbonyl (C=O) groups excluding carboxylic acids is 1. The van der Waals surface area contributed by atoms with Gasteiger partial charge in [-0.1, -0.05) is 12.8 Å².